The average molecular weight is 401 g/mol. The lowest BCUT2D eigenvalue weighted by Crippen LogP contribution is -2.42. The number of nitrogens with zero attached hydrogens (tertiary/aromatic N) is 1. The number of nitrogens with one attached hydrogen (secondary N) is 2. The number of rotatable bonds is 5. The van der Waals surface area contributed by atoms with E-state index in [9.17, 15) is 18.4 Å². The summed E-state index contributed by atoms with van der Waals surface area (Å²) in [6.07, 6.45) is 3.19. The molecule has 1 heterocycles. The molecule has 0 saturated carbocycles. The van der Waals surface area contributed by atoms with Gasteiger partial charge in [-0.3, -0.25) is 9.59 Å². The number of piperidine rings is 1. The van der Waals surface area contributed by atoms with Gasteiger partial charge in [0.2, 0.25) is 5.91 Å². The van der Waals surface area contributed by atoms with Crippen LogP contribution in [0.3, 0.4) is 0 Å². The summed E-state index contributed by atoms with van der Waals surface area (Å²) in [6.45, 7) is 4.58. The van der Waals surface area contributed by atoms with Crippen molar-refractivity contribution in [2.75, 3.05) is 23.7 Å². The maximum Gasteiger partial charge on any atom is 0.254 e. The Balaban J connectivity index is 1.61. The van der Waals surface area contributed by atoms with E-state index in [1.165, 1.54) is 0 Å². The number of hydrogen-bond donors (Lipinski definition) is 2. The molecule has 3 rings (SSSR count). The molecule has 1 fully saturated rings. The molecule has 5 nitrogen and oxygen atoms in total. The molecule has 1 unspecified atom stereocenters. The minimum atomic E-state index is -0.703. The fraction of sp³-hybridized carbons (Fsp3) is 0.364. The van der Waals surface area contributed by atoms with Crippen LogP contribution in [0.4, 0.5) is 20.2 Å². The van der Waals surface area contributed by atoms with E-state index in [0.29, 0.717) is 11.3 Å². The Morgan fingerprint density at radius 1 is 1.10 bits per heavy atom. The number of aryl methyl sites for hydroxylation is 1. The lowest BCUT2D eigenvalue weighted by atomic mass is 10.0. The van der Waals surface area contributed by atoms with Crippen LogP contribution >= 0.6 is 0 Å². The van der Waals surface area contributed by atoms with Crippen LogP contribution in [-0.4, -0.2) is 35.8 Å². The topological polar surface area (TPSA) is 61.4 Å². The minimum Gasteiger partial charge on any atom is -0.376 e. The number of carbonyl (C=O) groups is 2. The summed E-state index contributed by atoms with van der Waals surface area (Å²) in [6, 6.07) is 8.41. The Kier molecular flexibility index (Phi) is 6.46. The van der Waals surface area contributed by atoms with Crippen molar-refractivity contribution in [1.29, 1.82) is 0 Å². The summed E-state index contributed by atoms with van der Waals surface area (Å²) in [5.74, 6) is -1.82. The van der Waals surface area contributed by atoms with Gasteiger partial charge in [0.05, 0.1) is 12.2 Å². The summed E-state index contributed by atoms with van der Waals surface area (Å²) in [5.41, 5.74) is 1.94. The Hall–Kier alpha value is -2.96. The van der Waals surface area contributed by atoms with Crippen LogP contribution in [0.15, 0.2) is 36.4 Å². The molecule has 0 aromatic heterocycles. The molecule has 2 aromatic rings. The summed E-state index contributed by atoms with van der Waals surface area (Å²) in [5, 5.41) is 5.31. The summed E-state index contributed by atoms with van der Waals surface area (Å²) < 4.78 is 26.8. The Morgan fingerprint density at radius 3 is 2.62 bits per heavy atom. The van der Waals surface area contributed by atoms with Crippen LogP contribution in [0.1, 0.15) is 42.1 Å². The normalized spacial score (nSPS) is 16.4. The van der Waals surface area contributed by atoms with Gasteiger partial charge in [0, 0.05) is 29.9 Å². The first-order valence-corrected chi connectivity index (χ1v) is 9.75. The van der Waals surface area contributed by atoms with Gasteiger partial charge >= 0.3 is 0 Å². The quantitative estimate of drug-likeness (QED) is 0.784. The predicted molar refractivity (Wildman–Crippen MR) is 109 cm³/mol. The van der Waals surface area contributed by atoms with Crippen LogP contribution in [-0.2, 0) is 4.79 Å². The van der Waals surface area contributed by atoms with Crippen LogP contribution in [0, 0.1) is 18.6 Å². The molecule has 1 saturated heterocycles. The highest BCUT2D eigenvalue weighted by molar-refractivity contribution is 5.96. The zero-order valence-electron chi connectivity index (χ0n) is 16.6. The molecule has 2 aromatic carbocycles. The van der Waals surface area contributed by atoms with E-state index in [-0.39, 0.29) is 24.2 Å². The first-order valence-electron chi connectivity index (χ1n) is 9.75. The Morgan fingerprint density at radius 2 is 1.90 bits per heavy atom. The predicted octanol–water partition coefficient (Wildman–Crippen LogP) is 4.34. The summed E-state index contributed by atoms with van der Waals surface area (Å²) in [4.78, 5) is 26.7. The lowest BCUT2D eigenvalue weighted by molar-refractivity contribution is -0.114. The molecule has 0 aliphatic carbocycles. The molecule has 1 aliphatic rings. The van der Waals surface area contributed by atoms with E-state index >= 15 is 0 Å². The molecular formula is C22H25F2N3O2. The van der Waals surface area contributed by atoms with Crippen LogP contribution in [0.25, 0.3) is 0 Å². The van der Waals surface area contributed by atoms with E-state index in [1.807, 2.05) is 11.8 Å². The highest BCUT2D eigenvalue weighted by atomic mass is 19.1. The van der Waals surface area contributed by atoms with Crippen LogP contribution < -0.4 is 10.6 Å². The van der Waals surface area contributed by atoms with Crippen molar-refractivity contribution in [2.45, 2.75) is 39.2 Å². The first-order chi connectivity index (χ1) is 13.8. The van der Waals surface area contributed by atoms with E-state index in [2.05, 4.69) is 17.6 Å². The third-order valence-electron chi connectivity index (χ3n) is 5.18. The molecule has 1 aliphatic heterocycles. The number of anilines is 2. The molecule has 29 heavy (non-hydrogen) atoms. The number of likely N-dealkylation sites (tertiary alicyclic amines) is 1. The molecule has 0 spiro atoms. The molecule has 2 N–H and O–H groups in total. The van der Waals surface area contributed by atoms with Gasteiger partial charge in [-0.05, 0) is 69.0 Å². The monoisotopic (exact) mass is 401 g/mol. The number of benzene rings is 2. The molecule has 1 atom stereocenters. The van der Waals surface area contributed by atoms with Crippen LogP contribution in [0.5, 0.6) is 0 Å². The second-order valence-corrected chi connectivity index (χ2v) is 7.40. The van der Waals surface area contributed by atoms with Gasteiger partial charge in [-0.2, -0.15) is 0 Å². The largest absolute Gasteiger partial charge is 0.376 e. The standard InChI is InChI=1S/C22H25F2N3O2/c1-14-11-16(22(29)27-10-4-3-5-15(27)2)6-9-19(14)25-13-21(28)26-20-12-17(23)7-8-18(20)24/h6-9,11-12,15,25H,3-5,10,13H2,1-2H3,(H,26,28). The SMILES string of the molecule is Cc1cc(C(=O)N2CCCCC2C)ccc1NCC(=O)Nc1cc(F)ccc1F. The summed E-state index contributed by atoms with van der Waals surface area (Å²) >= 11 is 0. The highest BCUT2D eigenvalue weighted by Crippen LogP contribution is 2.22. The van der Waals surface area contributed by atoms with Crippen molar-refractivity contribution in [3.8, 4) is 0 Å². The lowest BCUT2D eigenvalue weighted by Gasteiger charge is -2.33. The van der Waals surface area contributed by atoms with Crippen molar-refractivity contribution >= 4 is 23.2 Å². The van der Waals surface area contributed by atoms with Crippen molar-refractivity contribution in [3.63, 3.8) is 0 Å². The third-order valence-corrected chi connectivity index (χ3v) is 5.18. The fourth-order valence-electron chi connectivity index (χ4n) is 3.52. The van der Waals surface area contributed by atoms with E-state index in [4.69, 9.17) is 0 Å². The highest BCUT2D eigenvalue weighted by Gasteiger charge is 2.24. The maximum atomic E-state index is 13.6. The zero-order valence-corrected chi connectivity index (χ0v) is 16.6. The number of halogens is 2. The van der Waals surface area contributed by atoms with E-state index in [1.54, 1.807) is 18.2 Å². The number of amides is 2. The van der Waals surface area contributed by atoms with Gasteiger partial charge < -0.3 is 15.5 Å². The summed E-state index contributed by atoms with van der Waals surface area (Å²) in [7, 11) is 0. The third kappa shape index (κ3) is 5.10. The van der Waals surface area contributed by atoms with Gasteiger partial charge in [-0.15, -0.1) is 0 Å². The van der Waals surface area contributed by atoms with Gasteiger partial charge in [0.15, 0.2) is 0 Å². The minimum absolute atomic E-state index is 0.0196. The molecule has 0 radical (unpaired) electrons. The van der Waals surface area contributed by atoms with Gasteiger partial charge in [0.25, 0.3) is 5.91 Å². The molecule has 7 heteroatoms. The van der Waals surface area contributed by atoms with E-state index < -0.39 is 17.5 Å². The number of hydrogen-bond acceptors (Lipinski definition) is 3. The Labute approximate surface area is 169 Å². The number of carbonyl (C=O) groups excluding carboxylic acids is 2. The van der Waals surface area contributed by atoms with E-state index in [0.717, 1.165) is 49.6 Å². The van der Waals surface area contributed by atoms with Crippen molar-refractivity contribution in [3.05, 3.63) is 59.2 Å². The maximum absolute atomic E-state index is 13.6. The Bertz CT molecular complexity index is 917. The van der Waals surface area contributed by atoms with Crippen molar-refractivity contribution in [1.82, 2.24) is 4.90 Å². The average Bonchev–Trinajstić information content (AvgIpc) is 2.69. The van der Waals surface area contributed by atoms with Crippen molar-refractivity contribution in [2.24, 2.45) is 0 Å². The van der Waals surface area contributed by atoms with Gasteiger partial charge in [-0.1, -0.05) is 0 Å². The smallest absolute Gasteiger partial charge is 0.254 e. The second-order valence-electron chi connectivity index (χ2n) is 7.40. The zero-order chi connectivity index (χ0) is 21.0. The van der Waals surface area contributed by atoms with Gasteiger partial charge in [0.1, 0.15) is 11.6 Å². The molecule has 2 amide bonds. The van der Waals surface area contributed by atoms with Gasteiger partial charge in [-0.25, -0.2) is 8.78 Å². The van der Waals surface area contributed by atoms with Crippen molar-refractivity contribution < 1.29 is 18.4 Å². The fourth-order valence-corrected chi connectivity index (χ4v) is 3.52. The first kappa shape index (κ1) is 20.8. The molecular weight excluding hydrogens is 376 g/mol. The molecule has 0 bridgehead atoms. The second kappa shape index (κ2) is 9.03. The molecule has 154 valence electrons. The van der Waals surface area contributed by atoms with Crippen LogP contribution in [0.2, 0.25) is 0 Å².